The van der Waals surface area contributed by atoms with E-state index in [0.717, 1.165) is 6.42 Å². The van der Waals surface area contributed by atoms with Gasteiger partial charge in [0.25, 0.3) is 0 Å². The maximum atomic E-state index is 12.1. The Balaban J connectivity index is 2.79. The van der Waals surface area contributed by atoms with Gasteiger partial charge >= 0.3 is 6.18 Å². The molecule has 0 fully saturated rings. The second-order valence-corrected chi connectivity index (χ2v) is 4.83. The summed E-state index contributed by atoms with van der Waals surface area (Å²) in [5, 5.41) is 0. The first kappa shape index (κ1) is 14.9. The lowest BCUT2D eigenvalue weighted by molar-refractivity contribution is -0.163. The zero-order chi connectivity index (χ0) is 13.8. The van der Waals surface area contributed by atoms with Crippen molar-refractivity contribution < 1.29 is 17.9 Å². The standard InChI is InChI=1S/C14H19F3O/c1-10(2)13-8-7-12(6-4-5-11(13)3)18-9-14(15,16)17/h4,6-8,10-11H,5,9H2,1-3H3. The van der Waals surface area contributed by atoms with Gasteiger partial charge in [-0.3, -0.25) is 0 Å². The Kier molecular flexibility index (Phi) is 5.05. The van der Waals surface area contributed by atoms with Crippen LogP contribution < -0.4 is 0 Å². The predicted molar refractivity (Wildman–Crippen MR) is 65.9 cm³/mol. The molecule has 0 spiro atoms. The van der Waals surface area contributed by atoms with E-state index < -0.39 is 12.8 Å². The molecule has 4 heteroatoms. The maximum absolute atomic E-state index is 12.1. The molecule has 0 bridgehead atoms. The van der Waals surface area contributed by atoms with Crippen LogP contribution in [-0.2, 0) is 4.74 Å². The zero-order valence-corrected chi connectivity index (χ0v) is 10.9. The van der Waals surface area contributed by atoms with Crippen LogP contribution in [0.1, 0.15) is 27.2 Å². The van der Waals surface area contributed by atoms with Gasteiger partial charge in [0.2, 0.25) is 0 Å². The third-order valence-electron chi connectivity index (χ3n) is 2.85. The number of alkyl halides is 3. The number of hydrogen-bond donors (Lipinski definition) is 0. The second kappa shape index (κ2) is 6.12. The largest absolute Gasteiger partial charge is 0.484 e. The molecule has 102 valence electrons. The van der Waals surface area contributed by atoms with Gasteiger partial charge in [-0.25, -0.2) is 0 Å². The van der Waals surface area contributed by atoms with Crippen molar-refractivity contribution in [1.29, 1.82) is 0 Å². The van der Waals surface area contributed by atoms with Crippen LogP contribution in [0.25, 0.3) is 0 Å². The van der Waals surface area contributed by atoms with Crippen molar-refractivity contribution in [3.8, 4) is 0 Å². The summed E-state index contributed by atoms with van der Waals surface area (Å²) in [5.74, 6) is 1.05. The van der Waals surface area contributed by atoms with Crippen molar-refractivity contribution in [2.75, 3.05) is 6.61 Å². The zero-order valence-electron chi connectivity index (χ0n) is 10.9. The van der Waals surface area contributed by atoms with E-state index in [9.17, 15) is 13.2 Å². The Morgan fingerprint density at radius 1 is 1.33 bits per heavy atom. The Morgan fingerprint density at radius 2 is 2.00 bits per heavy atom. The molecule has 0 aromatic rings. The topological polar surface area (TPSA) is 9.23 Å². The molecular weight excluding hydrogens is 241 g/mol. The highest BCUT2D eigenvalue weighted by molar-refractivity contribution is 5.26. The minimum Gasteiger partial charge on any atom is -0.484 e. The van der Waals surface area contributed by atoms with E-state index in [4.69, 9.17) is 4.74 Å². The van der Waals surface area contributed by atoms with Gasteiger partial charge in [0.1, 0.15) is 5.76 Å². The third kappa shape index (κ3) is 4.98. The first-order valence-corrected chi connectivity index (χ1v) is 6.07. The number of ether oxygens (including phenoxy) is 1. The molecule has 0 aliphatic heterocycles. The summed E-state index contributed by atoms with van der Waals surface area (Å²) in [6, 6.07) is 0. The summed E-state index contributed by atoms with van der Waals surface area (Å²) in [6.07, 6.45) is 3.49. The number of hydrogen-bond acceptors (Lipinski definition) is 1. The molecule has 1 rings (SSSR count). The summed E-state index contributed by atoms with van der Waals surface area (Å²) in [7, 11) is 0. The van der Waals surface area contributed by atoms with Crippen LogP contribution in [0.15, 0.2) is 35.6 Å². The molecule has 0 amide bonds. The normalized spacial score (nSPS) is 21.2. The van der Waals surface area contributed by atoms with Crippen molar-refractivity contribution in [3.05, 3.63) is 35.6 Å². The molecule has 0 N–H and O–H groups in total. The first-order chi connectivity index (χ1) is 8.29. The molecule has 1 aliphatic carbocycles. The van der Waals surface area contributed by atoms with Crippen LogP contribution in [0.5, 0.6) is 0 Å². The molecule has 1 aliphatic rings. The minimum absolute atomic E-state index is 0.261. The molecule has 0 saturated heterocycles. The Labute approximate surface area is 106 Å². The summed E-state index contributed by atoms with van der Waals surface area (Å²) in [5.41, 5.74) is 1.23. The van der Waals surface area contributed by atoms with Gasteiger partial charge in [-0.1, -0.05) is 38.5 Å². The van der Waals surface area contributed by atoms with E-state index in [1.165, 1.54) is 5.57 Å². The average molecular weight is 260 g/mol. The van der Waals surface area contributed by atoms with Gasteiger partial charge in [0.15, 0.2) is 6.61 Å². The SMILES string of the molecule is CC(C)C1=CC=C(OCC(F)(F)F)C=CCC1C. The molecule has 0 radical (unpaired) electrons. The Bertz CT molecular complexity index is 362. The van der Waals surface area contributed by atoms with Crippen molar-refractivity contribution in [2.24, 2.45) is 11.8 Å². The van der Waals surface area contributed by atoms with E-state index in [0.29, 0.717) is 11.8 Å². The number of halogens is 3. The summed E-state index contributed by atoms with van der Waals surface area (Å²) in [6.45, 7) is 5.03. The van der Waals surface area contributed by atoms with Crippen LogP contribution in [0, 0.1) is 11.8 Å². The minimum atomic E-state index is -4.30. The fourth-order valence-corrected chi connectivity index (χ4v) is 1.95. The van der Waals surface area contributed by atoms with Gasteiger partial charge < -0.3 is 4.74 Å². The molecule has 0 aromatic heterocycles. The van der Waals surface area contributed by atoms with Crippen molar-refractivity contribution in [3.63, 3.8) is 0 Å². The molecule has 1 nitrogen and oxygen atoms in total. The molecule has 18 heavy (non-hydrogen) atoms. The lowest BCUT2D eigenvalue weighted by Crippen LogP contribution is -2.16. The maximum Gasteiger partial charge on any atom is 0.422 e. The van der Waals surface area contributed by atoms with Crippen LogP contribution in [0.3, 0.4) is 0 Å². The summed E-state index contributed by atoms with van der Waals surface area (Å²) >= 11 is 0. The van der Waals surface area contributed by atoms with Crippen LogP contribution in [0.4, 0.5) is 13.2 Å². The highest BCUT2D eigenvalue weighted by atomic mass is 19.4. The van der Waals surface area contributed by atoms with Gasteiger partial charge in [0.05, 0.1) is 0 Å². The van der Waals surface area contributed by atoms with E-state index in [1.54, 1.807) is 12.2 Å². The molecule has 1 atom stereocenters. The lowest BCUT2D eigenvalue weighted by atomic mass is 9.87. The number of allylic oxidation sites excluding steroid dienone is 5. The van der Waals surface area contributed by atoms with Crippen LogP contribution in [0.2, 0.25) is 0 Å². The average Bonchev–Trinajstić information content (AvgIpc) is 2.20. The summed E-state index contributed by atoms with van der Waals surface area (Å²) in [4.78, 5) is 0. The van der Waals surface area contributed by atoms with E-state index >= 15 is 0 Å². The molecule has 0 aromatic carbocycles. The van der Waals surface area contributed by atoms with Crippen molar-refractivity contribution in [1.82, 2.24) is 0 Å². The lowest BCUT2D eigenvalue weighted by Gasteiger charge is -2.19. The quantitative estimate of drug-likeness (QED) is 0.719. The Morgan fingerprint density at radius 3 is 2.56 bits per heavy atom. The fourth-order valence-electron chi connectivity index (χ4n) is 1.95. The monoisotopic (exact) mass is 260 g/mol. The van der Waals surface area contributed by atoms with Gasteiger partial charge in [-0.15, -0.1) is 0 Å². The first-order valence-electron chi connectivity index (χ1n) is 6.07. The van der Waals surface area contributed by atoms with Gasteiger partial charge in [-0.2, -0.15) is 13.2 Å². The fraction of sp³-hybridized carbons (Fsp3) is 0.571. The van der Waals surface area contributed by atoms with Crippen LogP contribution in [-0.4, -0.2) is 12.8 Å². The van der Waals surface area contributed by atoms with Crippen LogP contribution >= 0.6 is 0 Å². The van der Waals surface area contributed by atoms with Crippen molar-refractivity contribution in [2.45, 2.75) is 33.4 Å². The molecule has 1 unspecified atom stereocenters. The van der Waals surface area contributed by atoms with Gasteiger partial charge in [0, 0.05) is 0 Å². The molecule has 0 saturated carbocycles. The smallest absolute Gasteiger partial charge is 0.422 e. The van der Waals surface area contributed by atoms with Gasteiger partial charge in [-0.05, 0) is 30.4 Å². The molecular formula is C14H19F3O. The number of rotatable bonds is 3. The highest BCUT2D eigenvalue weighted by Crippen LogP contribution is 2.26. The summed E-state index contributed by atoms with van der Waals surface area (Å²) < 4.78 is 41.0. The second-order valence-electron chi connectivity index (χ2n) is 4.83. The molecule has 0 heterocycles. The third-order valence-corrected chi connectivity index (χ3v) is 2.85. The predicted octanol–water partition coefficient (Wildman–Crippen LogP) is 4.63. The highest BCUT2D eigenvalue weighted by Gasteiger charge is 2.28. The van der Waals surface area contributed by atoms with Crippen molar-refractivity contribution >= 4 is 0 Å². The Hall–Kier alpha value is -1.19. The van der Waals surface area contributed by atoms with E-state index in [1.807, 2.05) is 12.2 Å². The van der Waals surface area contributed by atoms with E-state index in [-0.39, 0.29) is 5.76 Å². The van der Waals surface area contributed by atoms with E-state index in [2.05, 4.69) is 20.8 Å².